The molecule has 0 aliphatic heterocycles. The molecule has 3 aromatic rings. The van der Waals surface area contributed by atoms with Crippen LogP contribution in [0, 0.1) is 20.2 Å². The Morgan fingerprint density at radius 2 is 1.89 bits per heavy atom. The van der Waals surface area contributed by atoms with Crippen LogP contribution in [0.25, 0.3) is 10.1 Å². The maximum absolute atomic E-state index is 12.2. The van der Waals surface area contributed by atoms with Crippen molar-refractivity contribution in [3.8, 4) is 5.75 Å². The smallest absolute Gasteiger partial charge is 0.281 e. The number of nitrogens with zero attached hydrogens (tertiary/aromatic N) is 3. The van der Waals surface area contributed by atoms with Gasteiger partial charge in [-0.3, -0.25) is 25.0 Å². The number of hydrazone groups is 1. The Kier molecular flexibility index (Phi) is 4.77. The molecule has 136 valence electrons. The van der Waals surface area contributed by atoms with Gasteiger partial charge in [0.15, 0.2) is 0 Å². The summed E-state index contributed by atoms with van der Waals surface area (Å²) in [6.07, 6.45) is 1.05. The van der Waals surface area contributed by atoms with Gasteiger partial charge in [0.25, 0.3) is 17.3 Å². The molecule has 0 radical (unpaired) electrons. The fourth-order valence-corrected chi connectivity index (χ4v) is 3.22. The monoisotopic (exact) mass is 386 g/mol. The van der Waals surface area contributed by atoms with Crippen LogP contribution in [0.3, 0.4) is 0 Å². The quantitative estimate of drug-likeness (QED) is 0.391. The molecule has 0 fully saturated rings. The molecule has 0 spiro atoms. The van der Waals surface area contributed by atoms with Crippen molar-refractivity contribution < 1.29 is 19.7 Å². The molecule has 0 saturated carbocycles. The number of nitro benzene ring substituents is 2. The van der Waals surface area contributed by atoms with Gasteiger partial charge in [-0.1, -0.05) is 0 Å². The molecule has 0 saturated heterocycles. The summed E-state index contributed by atoms with van der Waals surface area (Å²) in [6, 6.07) is 9.19. The molecule has 0 aliphatic carbocycles. The summed E-state index contributed by atoms with van der Waals surface area (Å²) >= 11 is 1.13. The van der Waals surface area contributed by atoms with E-state index in [1.807, 2.05) is 0 Å². The average Bonchev–Trinajstić information content (AvgIpc) is 3.04. The van der Waals surface area contributed by atoms with Gasteiger partial charge in [0.2, 0.25) is 0 Å². The van der Waals surface area contributed by atoms with E-state index in [9.17, 15) is 30.1 Å². The van der Waals surface area contributed by atoms with Crippen LogP contribution in [0.5, 0.6) is 5.75 Å². The Labute approximate surface area is 154 Å². The van der Waals surface area contributed by atoms with E-state index in [0.717, 1.165) is 29.7 Å². The lowest BCUT2D eigenvalue weighted by Gasteiger charge is -1.99. The maximum Gasteiger partial charge on any atom is 0.281 e. The number of aromatic hydroxyl groups is 1. The van der Waals surface area contributed by atoms with Crippen LogP contribution < -0.4 is 5.43 Å². The number of benzene rings is 2. The molecular formula is C16H10N4O6S. The third-order valence-corrected chi connectivity index (χ3v) is 4.63. The van der Waals surface area contributed by atoms with Gasteiger partial charge in [-0.2, -0.15) is 5.10 Å². The fourth-order valence-electron chi connectivity index (χ4n) is 2.28. The first-order valence-corrected chi connectivity index (χ1v) is 8.15. The second-order valence-electron chi connectivity index (χ2n) is 5.29. The number of phenols is 1. The Bertz CT molecular complexity index is 1110. The van der Waals surface area contributed by atoms with E-state index in [-0.39, 0.29) is 27.6 Å². The Balaban J connectivity index is 1.79. The van der Waals surface area contributed by atoms with Gasteiger partial charge in [-0.25, -0.2) is 5.43 Å². The molecule has 1 aromatic heterocycles. The summed E-state index contributed by atoms with van der Waals surface area (Å²) in [5.74, 6) is -0.752. The minimum Gasteiger partial charge on any atom is -0.508 e. The van der Waals surface area contributed by atoms with Crippen molar-refractivity contribution in [3.63, 3.8) is 0 Å². The van der Waals surface area contributed by atoms with Crippen LogP contribution in [-0.2, 0) is 0 Å². The summed E-state index contributed by atoms with van der Waals surface area (Å²) in [6.45, 7) is 0. The van der Waals surface area contributed by atoms with Crippen LogP contribution >= 0.6 is 11.3 Å². The molecule has 11 heteroatoms. The second kappa shape index (κ2) is 7.17. The van der Waals surface area contributed by atoms with Crippen molar-refractivity contribution in [1.82, 2.24) is 5.43 Å². The molecule has 10 nitrogen and oxygen atoms in total. The first kappa shape index (κ1) is 17.9. The number of fused-ring (bicyclic) bond motifs is 1. The van der Waals surface area contributed by atoms with Crippen molar-refractivity contribution in [2.75, 3.05) is 0 Å². The van der Waals surface area contributed by atoms with Crippen LogP contribution in [0.1, 0.15) is 15.2 Å². The first-order chi connectivity index (χ1) is 12.8. The normalized spacial score (nSPS) is 11.0. The number of rotatable bonds is 5. The first-order valence-electron chi connectivity index (χ1n) is 7.34. The predicted molar refractivity (Wildman–Crippen MR) is 98.3 cm³/mol. The largest absolute Gasteiger partial charge is 0.508 e. The summed E-state index contributed by atoms with van der Waals surface area (Å²) in [4.78, 5) is 33.0. The number of nitro groups is 2. The van der Waals surface area contributed by atoms with E-state index < -0.39 is 15.8 Å². The van der Waals surface area contributed by atoms with Gasteiger partial charge in [0.05, 0.1) is 26.5 Å². The molecule has 1 amide bonds. The zero-order valence-corrected chi connectivity index (χ0v) is 14.2. The minimum absolute atomic E-state index is 0.0206. The number of hydrogen-bond acceptors (Lipinski definition) is 8. The highest BCUT2D eigenvalue weighted by Crippen LogP contribution is 2.29. The Morgan fingerprint density at radius 3 is 2.59 bits per heavy atom. The van der Waals surface area contributed by atoms with Gasteiger partial charge in [0, 0.05) is 28.3 Å². The Hall–Kier alpha value is -3.86. The molecule has 0 atom stereocenters. The molecule has 2 aromatic carbocycles. The molecule has 27 heavy (non-hydrogen) atoms. The van der Waals surface area contributed by atoms with Crippen molar-refractivity contribution in [2.45, 2.75) is 0 Å². The van der Waals surface area contributed by atoms with E-state index >= 15 is 0 Å². The molecule has 2 N–H and O–H groups in total. The predicted octanol–water partition coefficient (Wildman–Crippen LogP) is 3.19. The van der Waals surface area contributed by atoms with Crippen molar-refractivity contribution in [3.05, 3.63) is 73.1 Å². The third-order valence-electron chi connectivity index (χ3n) is 3.51. The van der Waals surface area contributed by atoms with E-state index in [1.54, 1.807) is 6.07 Å². The number of thiophene rings is 1. The lowest BCUT2D eigenvalue weighted by molar-refractivity contribution is -0.385. The maximum atomic E-state index is 12.2. The summed E-state index contributed by atoms with van der Waals surface area (Å²) in [5.41, 5.74) is 1.90. The zero-order valence-electron chi connectivity index (χ0n) is 13.4. The van der Waals surface area contributed by atoms with Gasteiger partial charge in [0.1, 0.15) is 5.75 Å². The summed E-state index contributed by atoms with van der Waals surface area (Å²) in [5, 5.41) is 35.4. The lowest BCUT2D eigenvalue weighted by Crippen LogP contribution is -2.16. The number of non-ortho nitro benzene ring substituents is 1. The van der Waals surface area contributed by atoms with E-state index in [1.165, 1.54) is 24.3 Å². The van der Waals surface area contributed by atoms with Crippen LogP contribution in [0.15, 0.2) is 47.6 Å². The van der Waals surface area contributed by atoms with E-state index in [0.29, 0.717) is 10.1 Å². The number of nitrogens with one attached hydrogen (secondary N) is 1. The molecule has 1 heterocycles. The van der Waals surface area contributed by atoms with E-state index in [4.69, 9.17) is 0 Å². The zero-order chi connectivity index (χ0) is 19.6. The van der Waals surface area contributed by atoms with Crippen LogP contribution in [0.4, 0.5) is 11.4 Å². The van der Waals surface area contributed by atoms with Crippen LogP contribution in [0.2, 0.25) is 0 Å². The van der Waals surface area contributed by atoms with Gasteiger partial charge < -0.3 is 5.11 Å². The standard InChI is InChI=1S/C16H10N4O6S/c21-12-2-3-13(20(25)26)10(6-12)8-17-18-16(22)15-7-9-5-11(19(23)24)1-4-14(9)27-15/h1-8,21H,(H,18,22)/b17-8-. The molecular weight excluding hydrogens is 376 g/mol. The van der Waals surface area contributed by atoms with Crippen molar-refractivity contribution in [1.29, 1.82) is 0 Å². The van der Waals surface area contributed by atoms with Gasteiger partial charge in [-0.05, 0) is 24.3 Å². The van der Waals surface area contributed by atoms with E-state index in [2.05, 4.69) is 10.5 Å². The molecule has 0 unspecified atom stereocenters. The van der Waals surface area contributed by atoms with Gasteiger partial charge >= 0.3 is 0 Å². The molecule has 0 aliphatic rings. The topological polar surface area (TPSA) is 148 Å². The SMILES string of the molecule is O=C(N/N=C\c1cc(O)ccc1[N+](=O)[O-])c1cc2cc([N+](=O)[O-])ccc2s1. The van der Waals surface area contributed by atoms with Gasteiger partial charge in [-0.15, -0.1) is 11.3 Å². The average molecular weight is 386 g/mol. The highest BCUT2D eigenvalue weighted by molar-refractivity contribution is 7.20. The molecule has 0 bridgehead atoms. The highest BCUT2D eigenvalue weighted by atomic mass is 32.1. The number of hydrogen-bond donors (Lipinski definition) is 2. The fraction of sp³-hybridized carbons (Fsp3) is 0. The lowest BCUT2D eigenvalue weighted by atomic mass is 10.2. The molecule has 3 rings (SSSR count). The minimum atomic E-state index is -0.637. The van der Waals surface area contributed by atoms with Crippen molar-refractivity contribution in [2.24, 2.45) is 5.10 Å². The summed E-state index contributed by atoms with van der Waals surface area (Å²) in [7, 11) is 0. The number of amides is 1. The second-order valence-corrected chi connectivity index (χ2v) is 6.37. The third kappa shape index (κ3) is 3.88. The Morgan fingerprint density at radius 1 is 1.11 bits per heavy atom. The number of carbonyl (C=O) groups is 1. The number of carbonyl (C=O) groups excluding carboxylic acids is 1. The highest BCUT2D eigenvalue weighted by Gasteiger charge is 2.14. The number of phenolic OH excluding ortho intramolecular Hbond substituents is 1. The summed E-state index contributed by atoms with van der Waals surface area (Å²) < 4.78 is 0.693. The van der Waals surface area contributed by atoms with Crippen LogP contribution in [-0.4, -0.2) is 27.1 Å². The van der Waals surface area contributed by atoms with Crippen molar-refractivity contribution >= 4 is 44.9 Å².